The third-order valence-corrected chi connectivity index (χ3v) is 8.27. The van der Waals surface area contributed by atoms with Crippen LogP contribution in [0.15, 0.2) is 28.9 Å². The average molecular weight is 503 g/mol. The molecule has 9 heteroatoms. The van der Waals surface area contributed by atoms with Crippen LogP contribution < -0.4 is 15.4 Å². The van der Waals surface area contributed by atoms with E-state index in [0.29, 0.717) is 29.7 Å². The monoisotopic (exact) mass is 502 g/mol. The molecule has 6 rings (SSSR count). The number of ether oxygens (including phenoxy) is 1. The number of amides is 2. The largest absolute Gasteiger partial charge is 0.484 e. The number of hydrogen-bond acceptors (Lipinski definition) is 5. The molecule has 0 radical (unpaired) electrons. The zero-order valence-electron chi connectivity index (χ0n) is 19.5. The summed E-state index contributed by atoms with van der Waals surface area (Å²) in [4.78, 5) is 38.2. The van der Waals surface area contributed by atoms with Crippen molar-refractivity contribution in [1.29, 1.82) is 0 Å². The van der Waals surface area contributed by atoms with Crippen LogP contribution in [0, 0.1) is 11.7 Å². The van der Waals surface area contributed by atoms with Crippen LogP contribution in [-0.2, 0) is 11.2 Å². The van der Waals surface area contributed by atoms with Crippen LogP contribution >= 0.6 is 11.6 Å². The molecule has 4 aliphatic rings. The number of hydrogen-bond donors (Lipinski definition) is 2. The molecule has 1 aromatic heterocycles. The highest BCUT2D eigenvalue weighted by atomic mass is 35.5. The molecule has 186 valence electrons. The van der Waals surface area contributed by atoms with Crippen LogP contribution in [0.5, 0.6) is 5.75 Å². The molecule has 2 N–H and O–H groups in total. The molecule has 4 aliphatic carbocycles. The average Bonchev–Trinajstić information content (AvgIpc) is 3.27. The molecule has 3 saturated carbocycles. The lowest BCUT2D eigenvalue weighted by molar-refractivity contribution is -0.127. The fourth-order valence-corrected chi connectivity index (χ4v) is 6.12. The van der Waals surface area contributed by atoms with Gasteiger partial charge in [0, 0.05) is 30.0 Å². The molecule has 0 saturated heterocycles. The smallest absolute Gasteiger partial charge is 0.258 e. The highest BCUT2D eigenvalue weighted by molar-refractivity contribution is 6.30. The summed E-state index contributed by atoms with van der Waals surface area (Å²) < 4.78 is 24.6. The topological polar surface area (TPSA) is 97.6 Å². The fourth-order valence-electron chi connectivity index (χ4n) is 6.01. The van der Waals surface area contributed by atoms with Gasteiger partial charge in [0.25, 0.3) is 11.8 Å². The van der Waals surface area contributed by atoms with Crippen molar-refractivity contribution in [2.75, 3.05) is 6.61 Å². The van der Waals surface area contributed by atoms with Crippen LogP contribution in [0.25, 0.3) is 0 Å². The lowest BCUT2D eigenvalue weighted by Crippen LogP contribution is -2.67. The summed E-state index contributed by atoms with van der Waals surface area (Å²) in [6.07, 6.45) is 6.88. The number of benzene rings is 1. The minimum Gasteiger partial charge on any atom is -0.484 e. The number of furan rings is 1. The predicted molar refractivity (Wildman–Crippen MR) is 126 cm³/mol. The maximum atomic E-state index is 13.6. The Balaban J connectivity index is 1.20. The number of fused-ring (bicyclic) bond motifs is 4. The number of nitrogens with one attached hydrogen (secondary N) is 2. The van der Waals surface area contributed by atoms with E-state index in [9.17, 15) is 18.8 Å². The number of rotatable bonds is 6. The molecule has 1 unspecified atom stereocenters. The molecule has 0 aliphatic heterocycles. The first-order valence-electron chi connectivity index (χ1n) is 12.1. The molecule has 35 heavy (non-hydrogen) atoms. The molecule has 1 heterocycles. The summed E-state index contributed by atoms with van der Waals surface area (Å²) in [5, 5.41) is 6.36. The molecule has 1 aromatic carbocycles. The Labute approximate surface area is 207 Å². The second-order valence-corrected chi connectivity index (χ2v) is 10.5. The van der Waals surface area contributed by atoms with Crippen molar-refractivity contribution in [2.24, 2.45) is 5.92 Å². The summed E-state index contributed by atoms with van der Waals surface area (Å²) in [7, 11) is 0. The highest BCUT2D eigenvalue weighted by Gasteiger charge is 2.54. The fraction of sp³-hybridized carbons (Fsp3) is 0.500. The Bertz CT molecular complexity index is 1180. The summed E-state index contributed by atoms with van der Waals surface area (Å²) in [6.45, 7) is 1.86. The number of Topliss-reactive ketones (excluding diaryl/α,β-unsaturated/α-hetero) is 1. The highest BCUT2D eigenvalue weighted by Crippen LogP contribution is 2.50. The van der Waals surface area contributed by atoms with Gasteiger partial charge in [0.2, 0.25) is 0 Å². The molecular weight excluding hydrogens is 475 g/mol. The maximum absolute atomic E-state index is 13.6. The Hall–Kier alpha value is -2.87. The van der Waals surface area contributed by atoms with Gasteiger partial charge < -0.3 is 19.8 Å². The van der Waals surface area contributed by atoms with Crippen LogP contribution in [0.3, 0.4) is 0 Å². The molecule has 2 bridgehead atoms. The second kappa shape index (κ2) is 8.97. The van der Waals surface area contributed by atoms with E-state index in [4.69, 9.17) is 20.8 Å². The Morgan fingerprint density at radius 3 is 2.69 bits per heavy atom. The van der Waals surface area contributed by atoms with Gasteiger partial charge in [-0.3, -0.25) is 14.4 Å². The SMILES string of the molecule is CC1CC2(NC(=O)COc3ccc(Cl)c(F)c3)CCC1(NC(=O)c1coc3c1C(=O)CCC3)CC2. The number of ketones is 1. The number of carbonyl (C=O) groups is 3. The zero-order chi connectivity index (χ0) is 24.8. The van der Waals surface area contributed by atoms with E-state index in [1.165, 1.54) is 18.4 Å². The van der Waals surface area contributed by atoms with Crippen LogP contribution in [0.2, 0.25) is 5.02 Å². The molecule has 0 spiro atoms. The number of aryl methyl sites for hydroxylation is 1. The van der Waals surface area contributed by atoms with E-state index < -0.39 is 5.82 Å². The van der Waals surface area contributed by atoms with E-state index in [2.05, 4.69) is 17.6 Å². The van der Waals surface area contributed by atoms with Crippen LogP contribution in [0.4, 0.5) is 4.39 Å². The van der Waals surface area contributed by atoms with Crippen molar-refractivity contribution >= 4 is 29.2 Å². The minimum atomic E-state index is -0.602. The zero-order valence-corrected chi connectivity index (χ0v) is 20.3. The van der Waals surface area contributed by atoms with Crippen LogP contribution in [0.1, 0.15) is 78.3 Å². The van der Waals surface area contributed by atoms with E-state index >= 15 is 0 Å². The van der Waals surface area contributed by atoms with E-state index in [-0.39, 0.29) is 52.0 Å². The molecule has 1 atom stereocenters. The van der Waals surface area contributed by atoms with Crippen molar-refractivity contribution in [2.45, 2.75) is 69.4 Å². The van der Waals surface area contributed by atoms with Crippen molar-refractivity contribution in [3.8, 4) is 5.75 Å². The predicted octanol–water partition coefficient (Wildman–Crippen LogP) is 4.61. The summed E-state index contributed by atoms with van der Waals surface area (Å²) in [6, 6.07) is 4.05. The molecular formula is C26H28ClFN2O5. The van der Waals surface area contributed by atoms with Gasteiger partial charge in [0.1, 0.15) is 23.6 Å². The quantitative estimate of drug-likeness (QED) is 0.601. The van der Waals surface area contributed by atoms with Gasteiger partial charge in [0.15, 0.2) is 12.4 Å². The van der Waals surface area contributed by atoms with Gasteiger partial charge in [-0.05, 0) is 56.6 Å². The standard InChI is InChI=1S/C26H28ClFN2O5/c1-15-12-25(29-22(32)14-34-16-5-6-18(27)19(28)11-16)7-9-26(15,10-8-25)30-24(33)17-13-35-21-4-2-3-20(31)23(17)21/h5-6,11,13,15H,2-4,7-10,12,14H2,1H3,(H,29,32)(H,30,33). The van der Waals surface area contributed by atoms with Crippen LogP contribution in [-0.4, -0.2) is 35.3 Å². The van der Waals surface area contributed by atoms with Gasteiger partial charge in [0.05, 0.1) is 16.1 Å². The van der Waals surface area contributed by atoms with Crippen molar-refractivity contribution in [1.82, 2.24) is 10.6 Å². The molecule has 2 aromatic rings. The third kappa shape index (κ3) is 4.44. The maximum Gasteiger partial charge on any atom is 0.258 e. The lowest BCUT2D eigenvalue weighted by Gasteiger charge is -2.57. The first-order chi connectivity index (χ1) is 16.7. The Morgan fingerprint density at radius 1 is 1.20 bits per heavy atom. The van der Waals surface area contributed by atoms with Gasteiger partial charge in [-0.2, -0.15) is 0 Å². The van der Waals surface area contributed by atoms with E-state index in [1.807, 2.05) is 0 Å². The molecule has 2 amide bonds. The summed E-state index contributed by atoms with van der Waals surface area (Å²) in [5.41, 5.74) is 0.0230. The van der Waals surface area contributed by atoms with Crippen molar-refractivity contribution in [3.05, 3.63) is 52.2 Å². The van der Waals surface area contributed by atoms with Gasteiger partial charge in [-0.1, -0.05) is 18.5 Å². The number of carbonyl (C=O) groups excluding carboxylic acids is 3. The molecule has 3 fully saturated rings. The van der Waals surface area contributed by atoms with Gasteiger partial charge in [-0.25, -0.2) is 4.39 Å². The number of halogens is 2. The second-order valence-electron chi connectivity index (χ2n) is 10.1. The summed E-state index contributed by atoms with van der Waals surface area (Å²) >= 11 is 5.68. The molecule has 7 nitrogen and oxygen atoms in total. The summed E-state index contributed by atoms with van der Waals surface area (Å²) in [5.74, 6) is -0.201. The first kappa shape index (κ1) is 23.9. The first-order valence-corrected chi connectivity index (χ1v) is 12.4. The van der Waals surface area contributed by atoms with Crippen molar-refractivity contribution in [3.63, 3.8) is 0 Å². The van der Waals surface area contributed by atoms with Gasteiger partial charge >= 0.3 is 0 Å². The van der Waals surface area contributed by atoms with E-state index in [1.54, 1.807) is 0 Å². The third-order valence-electron chi connectivity index (χ3n) is 7.97. The Morgan fingerprint density at radius 2 is 1.97 bits per heavy atom. The van der Waals surface area contributed by atoms with Crippen molar-refractivity contribution < 1.29 is 27.9 Å². The normalized spacial score (nSPS) is 27.3. The Kier molecular flexibility index (Phi) is 6.11. The lowest BCUT2D eigenvalue weighted by atomic mass is 9.56. The van der Waals surface area contributed by atoms with Gasteiger partial charge in [-0.15, -0.1) is 0 Å². The van der Waals surface area contributed by atoms with E-state index in [0.717, 1.165) is 44.6 Å². The minimum absolute atomic E-state index is 0.00563.